The van der Waals surface area contributed by atoms with E-state index < -0.39 is 0 Å². The number of hydrogen-bond acceptors (Lipinski definition) is 4. The van der Waals surface area contributed by atoms with Crippen molar-refractivity contribution in [3.05, 3.63) is 64.3 Å². The predicted octanol–water partition coefficient (Wildman–Crippen LogP) is 4.77. The third-order valence-electron chi connectivity index (χ3n) is 4.56. The molecule has 1 saturated heterocycles. The lowest BCUT2D eigenvalue weighted by atomic mass is 10.2. The van der Waals surface area contributed by atoms with Crippen LogP contribution in [0.4, 0.5) is 0 Å². The number of fused-ring (bicyclic) bond motifs is 1. The number of ether oxygens (including phenoxy) is 1. The Balaban J connectivity index is 1.64. The van der Waals surface area contributed by atoms with Crippen LogP contribution in [0.15, 0.2) is 48.8 Å². The second-order valence-corrected chi connectivity index (χ2v) is 7.85. The summed E-state index contributed by atoms with van der Waals surface area (Å²) < 4.78 is 6.78. The van der Waals surface area contributed by atoms with E-state index in [1.54, 1.807) is 12.4 Å². The molecule has 2 aromatic heterocycles. The largest absolute Gasteiger partial charge is 0.376 e. The summed E-state index contributed by atoms with van der Waals surface area (Å²) in [5.74, 6) is -0.0458. The molecule has 3 heterocycles. The molecule has 0 aliphatic carbocycles. The minimum absolute atomic E-state index is 0.0458. The van der Waals surface area contributed by atoms with Crippen molar-refractivity contribution in [1.29, 1.82) is 0 Å². The Kier molecular flexibility index (Phi) is 5.20. The van der Waals surface area contributed by atoms with Crippen LogP contribution in [0, 0.1) is 0 Å². The highest BCUT2D eigenvalue weighted by Gasteiger charge is 2.27. The van der Waals surface area contributed by atoms with Gasteiger partial charge in [-0.1, -0.05) is 35.9 Å². The van der Waals surface area contributed by atoms with Crippen LogP contribution >= 0.6 is 22.9 Å². The van der Waals surface area contributed by atoms with Gasteiger partial charge in [0.1, 0.15) is 4.88 Å². The van der Waals surface area contributed by atoms with Crippen LogP contribution in [-0.4, -0.2) is 35.0 Å². The smallest absolute Gasteiger partial charge is 0.265 e. The number of carbonyl (C=O) groups is 1. The van der Waals surface area contributed by atoms with Crippen molar-refractivity contribution in [3.8, 4) is 0 Å². The molecule has 1 aliphatic rings. The van der Waals surface area contributed by atoms with E-state index in [4.69, 9.17) is 16.3 Å². The van der Waals surface area contributed by atoms with Crippen molar-refractivity contribution in [1.82, 2.24) is 9.88 Å². The van der Waals surface area contributed by atoms with Crippen LogP contribution in [0.3, 0.4) is 0 Å². The normalized spacial score (nSPS) is 16.9. The predicted molar refractivity (Wildman–Crippen MR) is 105 cm³/mol. The van der Waals surface area contributed by atoms with Gasteiger partial charge >= 0.3 is 0 Å². The molecule has 1 aliphatic heterocycles. The molecule has 3 aromatic rings. The van der Waals surface area contributed by atoms with Crippen LogP contribution in [-0.2, 0) is 11.3 Å². The van der Waals surface area contributed by atoms with Gasteiger partial charge in [0.05, 0.1) is 11.1 Å². The summed E-state index contributed by atoms with van der Waals surface area (Å²) in [4.78, 5) is 19.9. The second-order valence-electron chi connectivity index (χ2n) is 6.42. The summed E-state index contributed by atoms with van der Waals surface area (Å²) in [6, 6.07) is 11.7. The van der Waals surface area contributed by atoms with Crippen LogP contribution in [0.25, 0.3) is 10.1 Å². The van der Waals surface area contributed by atoms with E-state index in [0.29, 0.717) is 23.0 Å². The van der Waals surface area contributed by atoms with Gasteiger partial charge in [-0.25, -0.2) is 0 Å². The molecule has 4 rings (SSSR count). The number of pyridine rings is 1. The number of carbonyl (C=O) groups excluding carboxylic acids is 1. The molecule has 0 spiro atoms. The number of benzene rings is 1. The van der Waals surface area contributed by atoms with E-state index in [2.05, 4.69) is 4.98 Å². The van der Waals surface area contributed by atoms with E-state index in [0.717, 1.165) is 35.1 Å². The Labute approximate surface area is 161 Å². The lowest BCUT2D eigenvalue weighted by Gasteiger charge is -2.25. The third-order valence-corrected chi connectivity index (χ3v) is 6.22. The van der Waals surface area contributed by atoms with E-state index in [9.17, 15) is 4.79 Å². The fraction of sp³-hybridized carbons (Fsp3) is 0.300. The number of amides is 1. The third kappa shape index (κ3) is 3.61. The molecule has 4 nitrogen and oxygen atoms in total. The molecule has 1 amide bonds. The lowest BCUT2D eigenvalue weighted by Crippen LogP contribution is -2.36. The lowest BCUT2D eigenvalue weighted by molar-refractivity contribution is 0.0511. The first kappa shape index (κ1) is 17.5. The maximum Gasteiger partial charge on any atom is 0.265 e. The monoisotopic (exact) mass is 386 g/mol. The summed E-state index contributed by atoms with van der Waals surface area (Å²) in [6.45, 7) is 1.83. The topological polar surface area (TPSA) is 42.4 Å². The van der Waals surface area contributed by atoms with Crippen molar-refractivity contribution in [3.63, 3.8) is 0 Å². The molecule has 1 unspecified atom stereocenters. The maximum atomic E-state index is 13.3. The summed E-state index contributed by atoms with van der Waals surface area (Å²) in [5.41, 5.74) is 0.996. The van der Waals surface area contributed by atoms with E-state index >= 15 is 0 Å². The number of nitrogens with zero attached hydrogens (tertiary/aromatic N) is 2. The van der Waals surface area contributed by atoms with Crippen molar-refractivity contribution in [2.45, 2.75) is 25.5 Å². The zero-order valence-corrected chi connectivity index (χ0v) is 15.8. The van der Waals surface area contributed by atoms with Gasteiger partial charge in [-0.3, -0.25) is 9.78 Å². The molecule has 1 aromatic carbocycles. The van der Waals surface area contributed by atoms with E-state index in [1.807, 2.05) is 41.3 Å². The first-order valence-corrected chi connectivity index (χ1v) is 9.88. The molecular formula is C20H19ClN2O2S. The minimum Gasteiger partial charge on any atom is -0.376 e. The summed E-state index contributed by atoms with van der Waals surface area (Å²) >= 11 is 7.98. The highest BCUT2D eigenvalue weighted by molar-refractivity contribution is 7.21. The quantitative estimate of drug-likeness (QED) is 0.634. The number of rotatable bonds is 5. The Morgan fingerprint density at radius 2 is 2.19 bits per heavy atom. The highest BCUT2D eigenvalue weighted by Crippen LogP contribution is 2.36. The number of hydrogen-bond donors (Lipinski definition) is 0. The van der Waals surface area contributed by atoms with Gasteiger partial charge in [-0.05, 0) is 30.5 Å². The standard InChI is InChI=1S/C20H19ClN2O2S/c21-18-16-7-1-2-8-17(16)26-19(18)20(24)23(13-15-6-4-10-25-15)12-14-5-3-9-22-11-14/h1-3,5,7-9,11,15H,4,6,10,12-13H2. The Morgan fingerprint density at radius 1 is 1.31 bits per heavy atom. The molecule has 0 saturated carbocycles. The van der Waals surface area contributed by atoms with Gasteiger partial charge in [0.15, 0.2) is 0 Å². The molecule has 0 radical (unpaired) electrons. The highest BCUT2D eigenvalue weighted by atomic mass is 35.5. The van der Waals surface area contributed by atoms with E-state index in [1.165, 1.54) is 11.3 Å². The van der Waals surface area contributed by atoms with Gasteiger partial charge in [-0.2, -0.15) is 0 Å². The molecule has 1 fully saturated rings. The Morgan fingerprint density at radius 3 is 2.92 bits per heavy atom. The number of thiophene rings is 1. The van der Waals surface area contributed by atoms with Crippen molar-refractivity contribution in [2.75, 3.05) is 13.2 Å². The number of aromatic nitrogens is 1. The van der Waals surface area contributed by atoms with Gasteiger partial charge in [0.25, 0.3) is 5.91 Å². The van der Waals surface area contributed by atoms with Crippen LogP contribution in [0.1, 0.15) is 28.1 Å². The van der Waals surface area contributed by atoms with Gasteiger partial charge in [0, 0.05) is 42.2 Å². The molecule has 1 atom stereocenters. The minimum atomic E-state index is -0.0458. The zero-order valence-electron chi connectivity index (χ0n) is 14.2. The molecule has 6 heteroatoms. The molecule has 134 valence electrons. The first-order chi connectivity index (χ1) is 12.7. The summed E-state index contributed by atoms with van der Waals surface area (Å²) in [5, 5.41) is 1.47. The molecule has 26 heavy (non-hydrogen) atoms. The SMILES string of the molecule is O=C(c1sc2ccccc2c1Cl)N(Cc1cccnc1)CC1CCCO1. The molecule has 0 N–H and O–H groups in total. The Hall–Kier alpha value is -1.95. The zero-order chi connectivity index (χ0) is 17.9. The average Bonchev–Trinajstić information content (AvgIpc) is 3.30. The van der Waals surface area contributed by atoms with Gasteiger partial charge < -0.3 is 9.64 Å². The average molecular weight is 387 g/mol. The molecular weight excluding hydrogens is 368 g/mol. The maximum absolute atomic E-state index is 13.3. The van der Waals surface area contributed by atoms with Crippen LogP contribution < -0.4 is 0 Å². The fourth-order valence-corrected chi connectivity index (χ4v) is 4.74. The Bertz CT molecular complexity index is 907. The van der Waals surface area contributed by atoms with Gasteiger partial charge in [0.2, 0.25) is 0 Å². The summed E-state index contributed by atoms with van der Waals surface area (Å²) in [7, 11) is 0. The summed E-state index contributed by atoms with van der Waals surface area (Å²) in [6.07, 6.45) is 5.64. The van der Waals surface area contributed by atoms with Crippen LogP contribution in [0.2, 0.25) is 5.02 Å². The fourth-order valence-electron chi connectivity index (χ4n) is 3.26. The van der Waals surface area contributed by atoms with E-state index in [-0.39, 0.29) is 12.0 Å². The van der Waals surface area contributed by atoms with Crippen molar-refractivity contribution in [2.24, 2.45) is 0 Å². The first-order valence-electron chi connectivity index (χ1n) is 8.69. The van der Waals surface area contributed by atoms with Crippen molar-refractivity contribution >= 4 is 38.9 Å². The van der Waals surface area contributed by atoms with Crippen LogP contribution in [0.5, 0.6) is 0 Å². The second kappa shape index (κ2) is 7.74. The van der Waals surface area contributed by atoms with Gasteiger partial charge in [-0.15, -0.1) is 11.3 Å². The van der Waals surface area contributed by atoms with Crippen molar-refractivity contribution < 1.29 is 9.53 Å². The molecule has 0 bridgehead atoms. The number of halogens is 1.